The lowest BCUT2D eigenvalue weighted by atomic mass is 9.76. The number of hydrogen-bond donors (Lipinski definition) is 0. The van der Waals surface area contributed by atoms with Gasteiger partial charge in [0, 0.05) is 36.6 Å². The highest BCUT2D eigenvalue weighted by atomic mass is 16.5. The number of ether oxygens (including phenoxy) is 4. The summed E-state index contributed by atoms with van der Waals surface area (Å²) in [7, 11) is 0. The zero-order valence-electron chi connectivity index (χ0n) is 23.6. The highest BCUT2D eigenvalue weighted by molar-refractivity contribution is 5.51. The smallest absolute Gasteiger partial charge is 0.126 e. The van der Waals surface area contributed by atoms with Gasteiger partial charge in [0.2, 0.25) is 0 Å². The summed E-state index contributed by atoms with van der Waals surface area (Å²) < 4.78 is 24.0. The minimum Gasteiger partial charge on any atom is -0.494 e. The maximum Gasteiger partial charge on any atom is 0.126 e. The fourth-order valence-electron chi connectivity index (χ4n) is 5.84. The standard InChI is InChI=1S/C36H39NO4/c1-3-9-28(10-4-1)26-40-32-17-18-33-35(25-32)41-27-34(29-11-5-2-6-12-29)36(33)30-13-15-31(16-14-30)39-22-8-7-19-37-20-23-38-24-21-37/h1-6,9-18,25,34,36H,7-8,19-24,26-27H2/t34-,36-/m0/s1. The zero-order valence-corrected chi connectivity index (χ0v) is 23.6. The van der Waals surface area contributed by atoms with Crippen LogP contribution < -0.4 is 14.2 Å². The van der Waals surface area contributed by atoms with Crippen LogP contribution in [-0.4, -0.2) is 51.0 Å². The minimum absolute atomic E-state index is 0.173. The van der Waals surface area contributed by atoms with Crippen molar-refractivity contribution in [2.75, 3.05) is 46.1 Å². The van der Waals surface area contributed by atoms with Gasteiger partial charge < -0.3 is 18.9 Å². The molecule has 212 valence electrons. The molecular formula is C36H39NO4. The first-order chi connectivity index (χ1) is 20.3. The van der Waals surface area contributed by atoms with Gasteiger partial charge in [0.25, 0.3) is 0 Å². The van der Waals surface area contributed by atoms with Crippen molar-refractivity contribution in [2.45, 2.75) is 31.3 Å². The fourth-order valence-corrected chi connectivity index (χ4v) is 5.84. The second-order valence-corrected chi connectivity index (χ2v) is 10.9. The Kier molecular flexibility index (Phi) is 9.15. The van der Waals surface area contributed by atoms with E-state index >= 15 is 0 Å². The summed E-state index contributed by atoms with van der Waals surface area (Å²) >= 11 is 0. The third kappa shape index (κ3) is 7.10. The molecule has 2 aliphatic rings. The second kappa shape index (κ2) is 13.7. The monoisotopic (exact) mass is 549 g/mol. The summed E-state index contributed by atoms with van der Waals surface area (Å²) in [6.07, 6.45) is 2.20. The highest BCUT2D eigenvalue weighted by Crippen LogP contribution is 2.47. The Morgan fingerprint density at radius 2 is 1.44 bits per heavy atom. The molecule has 4 aromatic rings. The van der Waals surface area contributed by atoms with E-state index in [1.807, 2.05) is 24.3 Å². The molecule has 0 spiro atoms. The van der Waals surface area contributed by atoms with Gasteiger partial charge in [-0.25, -0.2) is 0 Å². The number of nitrogens with zero attached hydrogens (tertiary/aromatic N) is 1. The maximum absolute atomic E-state index is 6.36. The van der Waals surface area contributed by atoms with E-state index in [0.717, 1.165) is 75.1 Å². The first-order valence-electron chi connectivity index (χ1n) is 14.8. The second-order valence-electron chi connectivity index (χ2n) is 10.9. The van der Waals surface area contributed by atoms with Gasteiger partial charge in [0.1, 0.15) is 23.9 Å². The van der Waals surface area contributed by atoms with Crippen LogP contribution in [0.3, 0.4) is 0 Å². The molecule has 0 saturated carbocycles. The van der Waals surface area contributed by atoms with E-state index in [0.29, 0.717) is 13.2 Å². The van der Waals surface area contributed by atoms with E-state index < -0.39 is 0 Å². The quantitative estimate of drug-likeness (QED) is 0.187. The van der Waals surface area contributed by atoms with Crippen LogP contribution in [-0.2, 0) is 11.3 Å². The SMILES string of the molecule is c1ccc(COc2ccc3c(c2)OC[C@@H](c2ccccc2)[C@H]3c2ccc(OCCCCN3CCOCC3)cc2)cc1. The van der Waals surface area contributed by atoms with E-state index in [2.05, 4.69) is 83.8 Å². The predicted molar refractivity (Wildman–Crippen MR) is 162 cm³/mol. The molecule has 41 heavy (non-hydrogen) atoms. The predicted octanol–water partition coefficient (Wildman–Crippen LogP) is 7.06. The van der Waals surface area contributed by atoms with Crippen molar-refractivity contribution in [1.82, 2.24) is 4.90 Å². The van der Waals surface area contributed by atoms with E-state index in [4.69, 9.17) is 18.9 Å². The Hall–Kier alpha value is -3.80. The summed E-state index contributed by atoms with van der Waals surface area (Å²) in [6, 6.07) is 35.9. The Morgan fingerprint density at radius 1 is 0.707 bits per heavy atom. The normalized spacial score (nSPS) is 18.7. The fraction of sp³-hybridized carbons (Fsp3) is 0.333. The first-order valence-corrected chi connectivity index (χ1v) is 14.8. The van der Waals surface area contributed by atoms with Gasteiger partial charge in [-0.3, -0.25) is 4.90 Å². The molecule has 0 radical (unpaired) electrons. The molecular weight excluding hydrogens is 510 g/mol. The van der Waals surface area contributed by atoms with Crippen LogP contribution in [0.5, 0.6) is 17.2 Å². The van der Waals surface area contributed by atoms with Crippen molar-refractivity contribution >= 4 is 0 Å². The van der Waals surface area contributed by atoms with Gasteiger partial charge in [0.15, 0.2) is 0 Å². The molecule has 0 bridgehead atoms. The van der Waals surface area contributed by atoms with Crippen LogP contribution >= 0.6 is 0 Å². The van der Waals surface area contributed by atoms with Crippen molar-refractivity contribution < 1.29 is 18.9 Å². The molecule has 5 heteroatoms. The number of benzene rings is 4. The molecule has 0 N–H and O–H groups in total. The third-order valence-corrected chi connectivity index (χ3v) is 8.10. The average molecular weight is 550 g/mol. The molecule has 1 saturated heterocycles. The van der Waals surface area contributed by atoms with Crippen LogP contribution in [0, 0.1) is 0 Å². The van der Waals surface area contributed by atoms with E-state index in [9.17, 15) is 0 Å². The lowest BCUT2D eigenvalue weighted by Crippen LogP contribution is -2.36. The zero-order chi connectivity index (χ0) is 27.7. The first kappa shape index (κ1) is 27.4. The van der Waals surface area contributed by atoms with Crippen LogP contribution in [0.2, 0.25) is 0 Å². The molecule has 0 aromatic heterocycles. The molecule has 2 atom stereocenters. The average Bonchev–Trinajstić information content (AvgIpc) is 3.05. The Morgan fingerprint density at radius 3 is 2.22 bits per heavy atom. The molecule has 6 rings (SSSR count). The Balaban J connectivity index is 1.14. The summed E-state index contributed by atoms with van der Waals surface area (Å²) in [4.78, 5) is 2.48. The lowest BCUT2D eigenvalue weighted by molar-refractivity contribution is 0.0368. The molecule has 0 amide bonds. The molecule has 2 heterocycles. The van der Waals surface area contributed by atoms with Crippen LogP contribution in [0.1, 0.15) is 46.9 Å². The summed E-state index contributed by atoms with van der Waals surface area (Å²) in [5, 5.41) is 0. The molecule has 2 aliphatic heterocycles. The molecule has 4 aromatic carbocycles. The third-order valence-electron chi connectivity index (χ3n) is 8.10. The lowest BCUT2D eigenvalue weighted by Gasteiger charge is -2.34. The molecule has 1 fully saturated rings. The number of fused-ring (bicyclic) bond motifs is 1. The topological polar surface area (TPSA) is 40.2 Å². The van der Waals surface area contributed by atoms with Gasteiger partial charge in [-0.05, 0) is 54.3 Å². The maximum atomic E-state index is 6.36. The van der Waals surface area contributed by atoms with Gasteiger partial charge >= 0.3 is 0 Å². The Labute approximate surface area is 243 Å². The van der Waals surface area contributed by atoms with Crippen LogP contribution in [0.4, 0.5) is 0 Å². The van der Waals surface area contributed by atoms with Crippen molar-refractivity contribution in [1.29, 1.82) is 0 Å². The van der Waals surface area contributed by atoms with E-state index in [1.165, 1.54) is 16.7 Å². The van der Waals surface area contributed by atoms with Crippen molar-refractivity contribution in [3.63, 3.8) is 0 Å². The van der Waals surface area contributed by atoms with Gasteiger partial charge in [-0.2, -0.15) is 0 Å². The molecule has 0 unspecified atom stereocenters. The highest BCUT2D eigenvalue weighted by Gasteiger charge is 2.33. The van der Waals surface area contributed by atoms with E-state index in [1.54, 1.807) is 0 Å². The van der Waals surface area contributed by atoms with Gasteiger partial charge in [-0.1, -0.05) is 78.9 Å². The van der Waals surface area contributed by atoms with Gasteiger partial charge in [-0.15, -0.1) is 0 Å². The number of rotatable bonds is 11. The van der Waals surface area contributed by atoms with Crippen LogP contribution in [0.15, 0.2) is 103 Å². The largest absolute Gasteiger partial charge is 0.494 e. The molecule has 0 aliphatic carbocycles. The van der Waals surface area contributed by atoms with Crippen molar-refractivity contribution in [3.05, 3.63) is 125 Å². The van der Waals surface area contributed by atoms with Crippen LogP contribution in [0.25, 0.3) is 0 Å². The number of unbranched alkanes of at least 4 members (excludes halogenated alkanes) is 1. The van der Waals surface area contributed by atoms with Crippen molar-refractivity contribution in [2.24, 2.45) is 0 Å². The van der Waals surface area contributed by atoms with Crippen molar-refractivity contribution in [3.8, 4) is 17.2 Å². The summed E-state index contributed by atoms with van der Waals surface area (Å²) in [6.45, 7) is 6.81. The van der Waals surface area contributed by atoms with E-state index in [-0.39, 0.29) is 11.8 Å². The van der Waals surface area contributed by atoms with Gasteiger partial charge in [0.05, 0.1) is 26.4 Å². The summed E-state index contributed by atoms with van der Waals surface area (Å²) in [5.74, 6) is 3.03. The Bertz CT molecular complexity index is 1350. The number of hydrogen-bond acceptors (Lipinski definition) is 5. The summed E-state index contributed by atoms with van der Waals surface area (Å²) in [5.41, 5.74) is 4.88. The minimum atomic E-state index is 0.173. The molecule has 5 nitrogen and oxygen atoms in total. The number of morpholine rings is 1.